The van der Waals surface area contributed by atoms with Gasteiger partial charge in [-0.25, -0.2) is 0 Å². The molecular formula is C15H14N2O. The lowest BCUT2D eigenvalue weighted by Gasteiger charge is -2.31. The van der Waals surface area contributed by atoms with E-state index in [4.69, 9.17) is 0 Å². The van der Waals surface area contributed by atoms with Gasteiger partial charge in [-0.05, 0) is 17.5 Å². The molecule has 0 aliphatic carbocycles. The minimum atomic E-state index is 0.161. The number of anilines is 1. The van der Waals surface area contributed by atoms with Crippen molar-refractivity contribution in [3.63, 3.8) is 0 Å². The van der Waals surface area contributed by atoms with Gasteiger partial charge >= 0.3 is 0 Å². The molecule has 3 heteroatoms. The van der Waals surface area contributed by atoms with Crippen molar-refractivity contribution >= 4 is 22.4 Å². The van der Waals surface area contributed by atoms with E-state index in [1.54, 1.807) is 0 Å². The van der Waals surface area contributed by atoms with E-state index in [9.17, 15) is 4.79 Å². The maximum Gasteiger partial charge on any atom is 0.259 e. The van der Waals surface area contributed by atoms with Gasteiger partial charge in [-0.3, -0.25) is 4.79 Å². The summed E-state index contributed by atoms with van der Waals surface area (Å²) in [6.45, 7) is 2.88. The van der Waals surface area contributed by atoms with Crippen molar-refractivity contribution < 1.29 is 4.79 Å². The lowest BCUT2D eigenvalue weighted by molar-refractivity contribution is 0.0986. The van der Waals surface area contributed by atoms with Gasteiger partial charge in [0, 0.05) is 36.5 Å². The highest BCUT2D eigenvalue weighted by molar-refractivity contribution is 6.25. The fourth-order valence-electron chi connectivity index (χ4n) is 2.90. The Morgan fingerprint density at radius 2 is 1.94 bits per heavy atom. The molecule has 0 saturated carbocycles. The van der Waals surface area contributed by atoms with Gasteiger partial charge in [0.2, 0.25) is 0 Å². The second-order valence-electron chi connectivity index (χ2n) is 5.12. The average Bonchev–Trinajstić information content (AvgIpc) is 2.61. The molecule has 2 aromatic rings. The van der Waals surface area contributed by atoms with Gasteiger partial charge in [0.05, 0.1) is 5.69 Å². The molecule has 0 bridgehead atoms. The number of hydrogen-bond donors (Lipinski definition) is 1. The van der Waals surface area contributed by atoms with Crippen LogP contribution in [0.15, 0.2) is 36.4 Å². The van der Waals surface area contributed by atoms with Crippen LogP contribution in [-0.2, 0) is 0 Å². The zero-order chi connectivity index (χ0) is 12.1. The summed E-state index contributed by atoms with van der Waals surface area (Å²) in [7, 11) is 0. The van der Waals surface area contributed by atoms with E-state index in [1.807, 2.05) is 23.1 Å². The van der Waals surface area contributed by atoms with Crippen LogP contribution in [0, 0.1) is 5.92 Å². The minimum absolute atomic E-state index is 0.161. The number of amides is 1. The highest BCUT2D eigenvalue weighted by Gasteiger charge is 2.32. The van der Waals surface area contributed by atoms with E-state index in [1.165, 1.54) is 0 Å². The van der Waals surface area contributed by atoms with E-state index >= 15 is 0 Å². The summed E-state index contributed by atoms with van der Waals surface area (Å²) in [5, 5.41) is 5.54. The van der Waals surface area contributed by atoms with Crippen LogP contribution in [0.1, 0.15) is 10.4 Å². The third kappa shape index (κ3) is 1.25. The van der Waals surface area contributed by atoms with Crippen LogP contribution in [0.25, 0.3) is 10.8 Å². The Balaban J connectivity index is 1.85. The molecule has 2 aliphatic rings. The molecular weight excluding hydrogens is 224 g/mol. The molecule has 1 N–H and O–H groups in total. The first-order chi connectivity index (χ1) is 8.84. The van der Waals surface area contributed by atoms with Crippen LogP contribution in [-0.4, -0.2) is 25.5 Å². The van der Waals surface area contributed by atoms with Gasteiger partial charge in [0.25, 0.3) is 5.91 Å². The maximum absolute atomic E-state index is 12.5. The van der Waals surface area contributed by atoms with Crippen LogP contribution < -0.4 is 10.2 Å². The van der Waals surface area contributed by atoms with Crippen LogP contribution in [0.2, 0.25) is 0 Å². The van der Waals surface area contributed by atoms with Crippen molar-refractivity contribution in [3.8, 4) is 0 Å². The summed E-state index contributed by atoms with van der Waals surface area (Å²) < 4.78 is 0. The Hall–Kier alpha value is -1.87. The van der Waals surface area contributed by atoms with E-state index in [-0.39, 0.29) is 5.91 Å². The average molecular weight is 238 g/mol. The maximum atomic E-state index is 12.5. The van der Waals surface area contributed by atoms with Gasteiger partial charge < -0.3 is 10.2 Å². The van der Waals surface area contributed by atoms with Gasteiger partial charge in [-0.2, -0.15) is 0 Å². The molecule has 0 radical (unpaired) electrons. The first kappa shape index (κ1) is 10.1. The van der Waals surface area contributed by atoms with Crippen molar-refractivity contribution in [3.05, 3.63) is 42.0 Å². The third-order valence-electron chi connectivity index (χ3n) is 3.96. The first-order valence-corrected chi connectivity index (χ1v) is 6.39. The lowest BCUT2D eigenvalue weighted by Crippen LogP contribution is -2.49. The fraction of sp³-hybridized carbons (Fsp3) is 0.267. The number of rotatable bonds is 2. The van der Waals surface area contributed by atoms with Crippen molar-refractivity contribution in [2.45, 2.75) is 0 Å². The fourth-order valence-corrected chi connectivity index (χ4v) is 2.90. The number of benzene rings is 2. The molecule has 2 heterocycles. The molecule has 1 fully saturated rings. The van der Waals surface area contributed by atoms with Crippen LogP contribution >= 0.6 is 0 Å². The van der Waals surface area contributed by atoms with E-state index in [0.29, 0.717) is 5.92 Å². The van der Waals surface area contributed by atoms with Crippen molar-refractivity contribution in [2.24, 2.45) is 5.92 Å². The summed E-state index contributed by atoms with van der Waals surface area (Å²) in [5.74, 6) is 0.757. The van der Waals surface area contributed by atoms with Gasteiger partial charge in [-0.15, -0.1) is 0 Å². The highest BCUT2D eigenvalue weighted by atomic mass is 16.2. The number of nitrogens with zero attached hydrogens (tertiary/aromatic N) is 1. The molecule has 2 aromatic carbocycles. The molecule has 4 rings (SSSR count). The van der Waals surface area contributed by atoms with Crippen molar-refractivity contribution in [1.29, 1.82) is 0 Å². The molecule has 1 amide bonds. The summed E-state index contributed by atoms with van der Waals surface area (Å²) in [6, 6.07) is 12.1. The Bertz CT molecular complexity index is 641. The van der Waals surface area contributed by atoms with Gasteiger partial charge in [-0.1, -0.05) is 24.3 Å². The second-order valence-corrected chi connectivity index (χ2v) is 5.12. The zero-order valence-electron chi connectivity index (χ0n) is 10.0. The smallest absolute Gasteiger partial charge is 0.259 e. The summed E-state index contributed by atoms with van der Waals surface area (Å²) in [6.07, 6.45) is 0. The topological polar surface area (TPSA) is 32.3 Å². The summed E-state index contributed by atoms with van der Waals surface area (Å²) >= 11 is 0. The second kappa shape index (κ2) is 3.56. The quantitative estimate of drug-likeness (QED) is 0.868. The molecule has 1 saturated heterocycles. The van der Waals surface area contributed by atoms with Crippen LogP contribution in [0.4, 0.5) is 5.69 Å². The highest BCUT2D eigenvalue weighted by Crippen LogP contribution is 2.37. The summed E-state index contributed by atoms with van der Waals surface area (Å²) in [4.78, 5) is 14.4. The predicted molar refractivity (Wildman–Crippen MR) is 72.0 cm³/mol. The standard InChI is InChI=1S/C15H14N2O/c18-15-12-5-1-3-11-4-2-6-13(14(11)12)17(15)9-10-7-16-8-10/h1-6,10,16H,7-9H2. The lowest BCUT2D eigenvalue weighted by atomic mass is 10.0. The monoisotopic (exact) mass is 238 g/mol. The number of carbonyl (C=O) groups excluding carboxylic acids is 1. The Kier molecular flexibility index (Phi) is 2.00. The number of nitrogens with one attached hydrogen (secondary N) is 1. The van der Waals surface area contributed by atoms with E-state index in [2.05, 4.69) is 23.5 Å². The van der Waals surface area contributed by atoms with Gasteiger partial charge in [0.15, 0.2) is 0 Å². The third-order valence-corrected chi connectivity index (χ3v) is 3.96. The molecule has 0 unspecified atom stereocenters. The normalized spacial score (nSPS) is 18.4. The first-order valence-electron chi connectivity index (χ1n) is 6.39. The minimum Gasteiger partial charge on any atom is -0.316 e. The molecule has 0 spiro atoms. The number of carbonyl (C=O) groups is 1. The largest absolute Gasteiger partial charge is 0.316 e. The predicted octanol–water partition coefficient (Wildman–Crippen LogP) is 2.02. The van der Waals surface area contributed by atoms with E-state index < -0.39 is 0 Å². The molecule has 18 heavy (non-hydrogen) atoms. The van der Waals surface area contributed by atoms with E-state index in [0.717, 1.165) is 41.7 Å². The Morgan fingerprint density at radius 3 is 2.67 bits per heavy atom. The summed E-state index contributed by atoms with van der Waals surface area (Å²) in [5.41, 5.74) is 1.94. The SMILES string of the molecule is O=C1c2cccc3cccc(c23)N1CC1CNC1. The van der Waals surface area contributed by atoms with Crippen LogP contribution in [0.3, 0.4) is 0 Å². The van der Waals surface area contributed by atoms with Crippen LogP contribution in [0.5, 0.6) is 0 Å². The van der Waals surface area contributed by atoms with Crippen molar-refractivity contribution in [2.75, 3.05) is 24.5 Å². The number of hydrogen-bond acceptors (Lipinski definition) is 2. The zero-order valence-corrected chi connectivity index (χ0v) is 10.0. The molecule has 0 aromatic heterocycles. The molecule has 90 valence electrons. The Labute approximate surface area is 105 Å². The molecule has 2 aliphatic heterocycles. The molecule has 0 atom stereocenters. The van der Waals surface area contributed by atoms with Gasteiger partial charge in [0.1, 0.15) is 0 Å². The Morgan fingerprint density at radius 1 is 1.17 bits per heavy atom. The molecule has 3 nitrogen and oxygen atoms in total. The van der Waals surface area contributed by atoms with Crippen molar-refractivity contribution in [1.82, 2.24) is 5.32 Å².